The minimum atomic E-state index is -3.57. The van der Waals surface area contributed by atoms with E-state index in [-0.39, 0.29) is 18.9 Å². The number of hydrogen-bond acceptors (Lipinski definition) is 3. The van der Waals surface area contributed by atoms with Crippen molar-refractivity contribution in [2.75, 3.05) is 11.9 Å². The molecule has 0 aliphatic rings. The van der Waals surface area contributed by atoms with E-state index < -0.39 is 10.0 Å². The summed E-state index contributed by atoms with van der Waals surface area (Å²) in [5.41, 5.74) is 2.63. The van der Waals surface area contributed by atoms with E-state index in [2.05, 4.69) is 32.6 Å². The molecule has 0 aliphatic carbocycles. The number of amides is 1. The zero-order chi connectivity index (χ0) is 18.3. The summed E-state index contributed by atoms with van der Waals surface area (Å²) in [6.07, 6.45) is 1.57. The fourth-order valence-electron chi connectivity index (χ4n) is 1.98. The quantitative estimate of drug-likeness (QED) is 0.609. The van der Waals surface area contributed by atoms with Crippen LogP contribution in [0.5, 0.6) is 0 Å². The standard InChI is InChI=1S/C18H19IN2O3S/c1-14-7-8-16(13-17(14)19)21-18(22)9-11-20-25(23,24)12-10-15-5-3-2-4-6-15/h2-8,10,12-13,20H,9,11H2,1H3,(H,21,22). The van der Waals surface area contributed by atoms with Crippen molar-refractivity contribution in [1.82, 2.24) is 4.72 Å². The zero-order valence-corrected chi connectivity index (χ0v) is 16.7. The van der Waals surface area contributed by atoms with Crippen molar-refractivity contribution in [1.29, 1.82) is 0 Å². The molecule has 132 valence electrons. The van der Waals surface area contributed by atoms with Gasteiger partial charge in [0.1, 0.15) is 0 Å². The molecule has 2 rings (SSSR count). The van der Waals surface area contributed by atoms with Crippen LogP contribution in [-0.2, 0) is 14.8 Å². The van der Waals surface area contributed by atoms with E-state index in [1.807, 2.05) is 55.5 Å². The largest absolute Gasteiger partial charge is 0.326 e. The van der Waals surface area contributed by atoms with E-state index in [0.717, 1.165) is 20.1 Å². The number of carbonyl (C=O) groups excluding carboxylic acids is 1. The Morgan fingerprint density at radius 1 is 1.16 bits per heavy atom. The normalized spacial score (nSPS) is 11.6. The number of sulfonamides is 1. The van der Waals surface area contributed by atoms with Crippen molar-refractivity contribution < 1.29 is 13.2 Å². The average molecular weight is 470 g/mol. The number of benzene rings is 2. The van der Waals surface area contributed by atoms with Crippen molar-refractivity contribution in [2.45, 2.75) is 13.3 Å². The molecule has 0 aromatic heterocycles. The van der Waals surface area contributed by atoms with Gasteiger partial charge in [0.15, 0.2) is 0 Å². The van der Waals surface area contributed by atoms with Crippen LogP contribution in [0.4, 0.5) is 5.69 Å². The second-order valence-corrected chi connectivity index (χ2v) is 8.23. The Morgan fingerprint density at radius 3 is 2.56 bits per heavy atom. The van der Waals surface area contributed by atoms with Gasteiger partial charge in [0, 0.05) is 27.6 Å². The Hall–Kier alpha value is -1.71. The zero-order valence-electron chi connectivity index (χ0n) is 13.7. The number of halogens is 1. The molecule has 0 spiro atoms. The van der Waals surface area contributed by atoms with Crippen LogP contribution in [0.2, 0.25) is 0 Å². The average Bonchev–Trinajstić information content (AvgIpc) is 2.57. The first-order valence-electron chi connectivity index (χ1n) is 7.64. The maximum atomic E-state index is 11.9. The first kappa shape index (κ1) is 19.6. The van der Waals surface area contributed by atoms with Crippen LogP contribution >= 0.6 is 22.6 Å². The van der Waals surface area contributed by atoms with Gasteiger partial charge in [0.25, 0.3) is 0 Å². The number of nitrogens with one attached hydrogen (secondary N) is 2. The van der Waals surface area contributed by atoms with Crippen LogP contribution in [0.15, 0.2) is 53.9 Å². The first-order valence-corrected chi connectivity index (χ1v) is 10.3. The van der Waals surface area contributed by atoms with Gasteiger partial charge in [-0.05, 0) is 58.9 Å². The van der Waals surface area contributed by atoms with Crippen LogP contribution < -0.4 is 10.0 Å². The van der Waals surface area contributed by atoms with E-state index in [1.165, 1.54) is 6.08 Å². The third-order valence-corrected chi connectivity index (χ3v) is 5.61. The summed E-state index contributed by atoms with van der Waals surface area (Å²) in [6.45, 7) is 2.03. The monoisotopic (exact) mass is 470 g/mol. The molecule has 0 fully saturated rings. The van der Waals surface area contributed by atoms with E-state index in [1.54, 1.807) is 0 Å². The molecule has 5 nitrogen and oxygen atoms in total. The molecule has 0 saturated carbocycles. The summed E-state index contributed by atoms with van der Waals surface area (Å²) < 4.78 is 27.2. The fraction of sp³-hybridized carbons (Fsp3) is 0.167. The second-order valence-electron chi connectivity index (χ2n) is 5.41. The summed E-state index contributed by atoms with van der Waals surface area (Å²) in [5, 5.41) is 3.86. The Labute approximate surface area is 161 Å². The highest BCUT2D eigenvalue weighted by Crippen LogP contribution is 2.17. The summed E-state index contributed by atoms with van der Waals surface area (Å²) >= 11 is 2.20. The Morgan fingerprint density at radius 2 is 1.88 bits per heavy atom. The van der Waals surface area contributed by atoms with Gasteiger partial charge in [0.05, 0.1) is 0 Å². The van der Waals surface area contributed by atoms with Gasteiger partial charge in [-0.15, -0.1) is 0 Å². The SMILES string of the molecule is Cc1ccc(NC(=O)CCNS(=O)(=O)C=Cc2ccccc2)cc1I. The lowest BCUT2D eigenvalue weighted by Crippen LogP contribution is -2.26. The molecule has 0 atom stereocenters. The van der Waals surface area contributed by atoms with Crippen molar-refractivity contribution in [3.05, 3.63) is 68.6 Å². The lowest BCUT2D eigenvalue weighted by molar-refractivity contribution is -0.116. The summed E-state index contributed by atoms with van der Waals surface area (Å²) in [7, 11) is -3.57. The number of rotatable bonds is 7. The molecular weight excluding hydrogens is 451 g/mol. The van der Waals surface area contributed by atoms with E-state index in [4.69, 9.17) is 0 Å². The Kier molecular flexibility index (Phi) is 7.15. The van der Waals surface area contributed by atoms with Crippen LogP contribution in [0.1, 0.15) is 17.5 Å². The molecular formula is C18H19IN2O3S. The van der Waals surface area contributed by atoms with E-state index in [0.29, 0.717) is 5.69 Å². The van der Waals surface area contributed by atoms with Crippen molar-refractivity contribution >= 4 is 50.3 Å². The molecule has 0 aliphatic heterocycles. The number of carbonyl (C=O) groups is 1. The highest BCUT2D eigenvalue weighted by molar-refractivity contribution is 14.1. The highest BCUT2D eigenvalue weighted by Gasteiger charge is 2.08. The topological polar surface area (TPSA) is 75.3 Å². The maximum absolute atomic E-state index is 11.9. The van der Waals surface area contributed by atoms with Crippen molar-refractivity contribution in [3.8, 4) is 0 Å². The molecule has 7 heteroatoms. The van der Waals surface area contributed by atoms with E-state index in [9.17, 15) is 13.2 Å². The third-order valence-electron chi connectivity index (χ3n) is 3.35. The molecule has 0 saturated heterocycles. The minimum absolute atomic E-state index is 0.0379. The molecule has 25 heavy (non-hydrogen) atoms. The lowest BCUT2D eigenvalue weighted by Gasteiger charge is -2.07. The number of anilines is 1. The predicted octanol–water partition coefficient (Wildman–Crippen LogP) is 3.52. The molecule has 0 bridgehead atoms. The van der Waals surface area contributed by atoms with Crippen LogP contribution in [0.3, 0.4) is 0 Å². The number of hydrogen-bond donors (Lipinski definition) is 2. The van der Waals surface area contributed by atoms with Gasteiger partial charge >= 0.3 is 0 Å². The van der Waals surface area contributed by atoms with Crippen LogP contribution in [0.25, 0.3) is 6.08 Å². The van der Waals surface area contributed by atoms with Crippen molar-refractivity contribution in [3.63, 3.8) is 0 Å². The Bertz CT molecular complexity index is 865. The summed E-state index contributed by atoms with van der Waals surface area (Å²) in [6, 6.07) is 14.8. The maximum Gasteiger partial charge on any atom is 0.233 e. The summed E-state index contributed by atoms with van der Waals surface area (Å²) in [4.78, 5) is 11.9. The smallest absolute Gasteiger partial charge is 0.233 e. The molecule has 0 radical (unpaired) electrons. The summed E-state index contributed by atoms with van der Waals surface area (Å²) in [5.74, 6) is -0.241. The molecule has 2 aromatic carbocycles. The van der Waals surface area contributed by atoms with Gasteiger partial charge in [-0.1, -0.05) is 36.4 Å². The molecule has 0 unspecified atom stereocenters. The lowest BCUT2D eigenvalue weighted by atomic mass is 10.2. The highest BCUT2D eigenvalue weighted by atomic mass is 127. The van der Waals surface area contributed by atoms with Gasteiger partial charge < -0.3 is 5.32 Å². The fourth-order valence-corrected chi connectivity index (χ4v) is 3.32. The minimum Gasteiger partial charge on any atom is -0.326 e. The molecule has 0 heterocycles. The number of aryl methyl sites for hydroxylation is 1. The van der Waals surface area contributed by atoms with Gasteiger partial charge in [-0.3, -0.25) is 4.79 Å². The molecule has 2 N–H and O–H groups in total. The van der Waals surface area contributed by atoms with Gasteiger partial charge in [0.2, 0.25) is 15.9 Å². The van der Waals surface area contributed by atoms with E-state index >= 15 is 0 Å². The van der Waals surface area contributed by atoms with Crippen LogP contribution in [0, 0.1) is 10.5 Å². The van der Waals surface area contributed by atoms with Crippen LogP contribution in [-0.4, -0.2) is 20.9 Å². The van der Waals surface area contributed by atoms with Gasteiger partial charge in [-0.2, -0.15) is 0 Å². The predicted molar refractivity (Wildman–Crippen MR) is 110 cm³/mol. The molecule has 2 aromatic rings. The Balaban J connectivity index is 1.81. The first-order chi connectivity index (χ1) is 11.9. The van der Waals surface area contributed by atoms with Crippen molar-refractivity contribution in [2.24, 2.45) is 0 Å². The molecule has 1 amide bonds. The third kappa shape index (κ3) is 6.97. The van der Waals surface area contributed by atoms with Gasteiger partial charge in [-0.25, -0.2) is 13.1 Å². The second kappa shape index (κ2) is 9.12.